The van der Waals surface area contributed by atoms with Crippen LogP contribution >= 0.6 is 15.9 Å². The summed E-state index contributed by atoms with van der Waals surface area (Å²) >= 11 is 3.68. The molecule has 0 saturated heterocycles. The predicted octanol–water partition coefficient (Wildman–Crippen LogP) is 4.23. The number of hydrogen-bond acceptors (Lipinski definition) is 0. The summed E-state index contributed by atoms with van der Waals surface area (Å²) in [5.74, 6) is 2.19. The minimum atomic E-state index is 0.456. The highest BCUT2D eigenvalue weighted by Crippen LogP contribution is 2.49. The van der Waals surface area contributed by atoms with Crippen LogP contribution in [-0.2, 0) is 0 Å². The van der Waals surface area contributed by atoms with Gasteiger partial charge in [-0.3, -0.25) is 0 Å². The lowest BCUT2D eigenvalue weighted by atomic mass is 9.84. The van der Waals surface area contributed by atoms with E-state index in [0.717, 1.165) is 5.33 Å². The average molecular weight is 287 g/mol. The SMILES string of the molecule is BrCC1C(c2ccccc2)[C]C2C=CC=CC21. The molecule has 3 rings (SSSR count). The van der Waals surface area contributed by atoms with E-state index in [9.17, 15) is 0 Å². The first-order valence-corrected chi connectivity index (χ1v) is 7.24. The van der Waals surface area contributed by atoms with Crippen LogP contribution in [0.1, 0.15) is 11.5 Å². The molecule has 2 radical (unpaired) electrons. The quantitative estimate of drug-likeness (QED) is 0.714. The van der Waals surface area contributed by atoms with Crippen LogP contribution in [0.25, 0.3) is 0 Å². The van der Waals surface area contributed by atoms with Gasteiger partial charge in [0.1, 0.15) is 0 Å². The second kappa shape index (κ2) is 4.81. The minimum absolute atomic E-state index is 0.456. The highest BCUT2D eigenvalue weighted by atomic mass is 79.9. The minimum Gasteiger partial charge on any atom is -0.0925 e. The zero-order valence-electron chi connectivity index (χ0n) is 9.59. The summed E-state index contributed by atoms with van der Waals surface area (Å²) in [6, 6.07) is 10.8. The zero-order valence-corrected chi connectivity index (χ0v) is 11.2. The molecule has 1 fully saturated rings. The van der Waals surface area contributed by atoms with Crippen molar-refractivity contribution in [2.45, 2.75) is 5.92 Å². The molecule has 1 saturated carbocycles. The van der Waals surface area contributed by atoms with Crippen molar-refractivity contribution in [3.05, 3.63) is 66.6 Å². The highest BCUT2D eigenvalue weighted by molar-refractivity contribution is 9.09. The molecule has 1 heteroatoms. The van der Waals surface area contributed by atoms with E-state index in [1.165, 1.54) is 5.56 Å². The molecule has 17 heavy (non-hydrogen) atoms. The molecule has 2 aliphatic carbocycles. The molecule has 2 aliphatic rings. The lowest BCUT2D eigenvalue weighted by Gasteiger charge is -2.22. The van der Waals surface area contributed by atoms with E-state index in [1.807, 2.05) is 0 Å². The van der Waals surface area contributed by atoms with Crippen LogP contribution < -0.4 is 0 Å². The molecule has 0 nitrogen and oxygen atoms in total. The molecule has 0 heterocycles. The summed E-state index contributed by atoms with van der Waals surface area (Å²) in [7, 11) is 0. The maximum Gasteiger partial charge on any atom is 0.00715 e. The molecular weight excluding hydrogens is 272 g/mol. The van der Waals surface area contributed by atoms with Crippen LogP contribution in [0, 0.1) is 24.2 Å². The van der Waals surface area contributed by atoms with E-state index < -0.39 is 0 Å². The predicted molar refractivity (Wildman–Crippen MR) is 75.0 cm³/mol. The Morgan fingerprint density at radius 3 is 2.59 bits per heavy atom. The molecular formula is C16H15Br. The molecule has 0 N–H and O–H groups in total. The van der Waals surface area contributed by atoms with Crippen molar-refractivity contribution < 1.29 is 0 Å². The van der Waals surface area contributed by atoms with Crippen molar-refractivity contribution in [3.8, 4) is 0 Å². The molecule has 0 spiro atoms. The summed E-state index contributed by atoms with van der Waals surface area (Å²) in [5.41, 5.74) is 1.40. The van der Waals surface area contributed by atoms with Gasteiger partial charge in [0.25, 0.3) is 0 Å². The van der Waals surface area contributed by atoms with Gasteiger partial charge in [0.15, 0.2) is 0 Å². The first-order valence-electron chi connectivity index (χ1n) is 6.12. The molecule has 0 bridgehead atoms. The Hall–Kier alpha value is -0.820. The lowest BCUT2D eigenvalue weighted by molar-refractivity contribution is 0.440. The Balaban J connectivity index is 1.91. The third-order valence-corrected chi connectivity index (χ3v) is 4.56. The molecule has 4 unspecified atom stereocenters. The highest BCUT2D eigenvalue weighted by Gasteiger charge is 2.41. The number of benzene rings is 1. The second-order valence-corrected chi connectivity index (χ2v) is 5.39. The van der Waals surface area contributed by atoms with Gasteiger partial charge in [-0.05, 0) is 35.7 Å². The Kier molecular flexibility index (Phi) is 3.19. The van der Waals surface area contributed by atoms with Crippen LogP contribution in [0.4, 0.5) is 0 Å². The van der Waals surface area contributed by atoms with Crippen molar-refractivity contribution in [2.24, 2.45) is 17.8 Å². The monoisotopic (exact) mass is 286 g/mol. The average Bonchev–Trinajstić information content (AvgIpc) is 2.78. The summed E-state index contributed by atoms with van der Waals surface area (Å²) in [5, 5.41) is 1.04. The normalized spacial score (nSPS) is 34.9. The Labute approximate surface area is 112 Å². The fraction of sp³-hybridized carbons (Fsp3) is 0.312. The van der Waals surface area contributed by atoms with Gasteiger partial charge >= 0.3 is 0 Å². The summed E-state index contributed by atoms with van der Waals surface area (Å²) in [6.45, 7) is 0. The Bertz CT molecular complexity index is 432. The van der Waals surface area contributed by atoms with Crippen molar-refractivity contribution in [3.63, 3.8) is 0 Å². The molecule has 0 aromatic heterocycles. The van der Waals surface area contributed by atoms with Crippen molar-refractivity contribution in [2.75, 3.05) is 5.33 Å². The molecule has 4 atom stereocenters. The first-order chi connectivity index (χ1) is 8.40. The number of rotatable bonds is 2. The van der Waals surface area contributed by atoms with Gasteiger partial charge in [-0.15, -0.1) is 0 Å². The molecule has 1 aromatic rings. The van der Waals surface area contributed by atoms with Gasteiger partial charge in [-0.1, -0.05) is 70.6 Å². The summed E-state index contributed by atoms with van der Waals surface area (Å²) in [4.78, 5) is 0. The second-order valence-electron chi connectivity index (χ2n) is 4.75. The standard InChI is InChI=1S/C16H15Br/c17-11-16-14-9-5-4-8-13(14)10-15(16)12-6-2-1-3-7-12/h1-9,13-16H,11H2. The number of hydrogen-bond donors (Lipinski definition) is 0. The van der Waals surface area contributed by atoms with Gasteiger partial charge in [-0.25, -0.2) is 0 Å². The van der Waals surface area contributed by atoms with E-state index in [2.05, 4.69) is 77.0 Å². The number of allylic oxidation sites excluding steroid dienone is 4. The number of halogens is 1. The van der Waals surface area contributed by atoms with E-state index in [0.29, 0.717) is 23.7 Å². The van der Waals surface area contributed by atoms with Crippen LogP contribution in [0.15, 0.2) is 54.6 Å². The van der Waals surface area contributed by atoms with Crippen LogP contribution in [-0.4, -0.2) is 5.33 Å². The fourth-order valence-electron chi connectivity index (χ4n) is 2.95. The number of alkyl halides is 1. The largest absolute Gasteiger partial charge is 0.0925 e. The van der Waals surface area contributed by atoms with Gasteiger partial charge in [0.05, 0.1) is 0 Å². The third-order valence-electron chi connectivity index (χ3n) is 3.81. The van der Waals surface area contributed by atoms with Crippen LogP contribution in [0.5, 0.6) is 0 Å². The first kappa shape index (κ1) is 11.3. The van der Waals surface area contributed by atoms with Gasteiger partial charge in [0, 0.05) is 5.33 Å². The van der Waals surface area contributed by atoms with Crippen LogP contribution in [0.2, 0.25) is 0 Å². The van der Waals surface area contributed by atoms with E-state index in [1.54, 1.807) is 0 Å². The van der Waals surface area contributed by atoms with Gasteiger partial charge in [0.2, 0.25) is 0 Å². The maximum absolute atomic E-state index is 3.74. The van der Waals surface area contributed by atoms with Crippen molar-refractivity contribution in [1.82, 2.24) is 0 Å². The topological polar surface area (TPSA) is 0 Å². The Morgan fingerprint density at radius 2 is 1.82 bits per heavy atom. The Morgan fingerprint density at radius 1 is 1.06 bits per heavy atom. The molecule has 1 aromatic carbocycles. The van der Waals surface area contributed by atoms with Crippen LogP contribution in [0.3, 0.4) is 0 Å². The van der Waals surface area contributed by atoms with E-state index >= 15 is 0 Å². The van der Waals surface area contributed by atoms with Crippen molar-refractivity contribution >= 4 is 15.9 Å². The van der Waals surface area contributed by atoms with Crippen molar-refractivity contribution in [1.29, 1.82) is 0 Å². The summed E-state index contributed by atoms with van der Waals surface area (Å²) in [6.07, 6.45) is 12.7. The van der Waals surface area contributed by atoms with E-state index in [4.69, 9.17) is 0 Å². The van der Waals surface area contributed by atoms with Gasteiger partial charge < -0.3 is 0 Å². The molecule has 0 amide bonds. The molecule has 0 aliphatic heterocycles. The molecule has 86 valence electrons. The third kappa shape index (κ3) is 2.01. The maximum atomic E-state index is 3.74. The van der Waals surface area contributed by atoms with E-state index in [-0.39, 0.29) is 0 Å². The fourth-order valence-corrected chi connectivity index (χ4v) is 3.75. The summed E-state index contributed by atoms with van der Waals surface area (Å²) < 4.78 is 0. The smallest absolute Gasteiger partial charge is 0.00715 e. The lowest BCUT2D eigenvalue weighted by Crippen LogP contribution is -2.16. The number of fused-ring (bicyclic) bond motifs is 1. The zero-order chi connectivity index (χ0) is 11.7. The van der Waals surface area contributed by atoms with Gasteiger partial charge in [-0.2, -0.15) is 0 Å².